The van der Waals surface area contributed by atoms with Crippen molar-refractivity contribution in [3.8, 4) is 6.07 Å². The van der Waals surface area contributed by atoms with Crippen molar-refractivity contribution < 1.29 is 14.5 Å². The van der Waals surface area contributed by atoms with Gasteiger partial charge in [0.25, 0.3) is 5.69 Å². The second kappa shape index (κ2) is 9.20. The summed E-state index contributed by atoms with van der Waals surface area (Å²) in [6.45, 7) is 5.86. The summed E-state index contributed by atoms with van der Waals surface area (Å²) in [5.41, 5.74) is 1.55. The SMILES string of the molecule is C=CCN1C(=O)[C@@]2(C(C#N)=C(n3cccc3)N(c3cc([N+](=O)[O-])ccc3C)C3=C2C(=O)CCC3)c2ccccc21. The van der Waals surface area contributed by atoms with Gasteiger partial charge in [-0.25, -0.2) is 0 Å². The van der Waals surface area contributed by atoms with Gasteiger partial charge in [-0.15, -0.1) is 6.58 Å². The van der Waals surface area contributed by atoms with Crippen LogP contribution in [0, 0.1) is 28.4 Å². The van der Waals surface area contributed by atoms with Crippen molar-refractivity contribution >= 4 is 34.6 Å². The number of allylic oxidation sites excluding steroid dienone is 1. The Labute approximate surface area is 230 Å². The summed E-state index contributed by atoms with van der Waals surface area (Å²) in [6.07, 6.45) is 6.38. The number of para-hydroxylation sites is 1. The van der Waals surface area contributed by atoms with E-state index in [1.807, 2.05) is 25.1 Å². The van der Waals surface area contributed by atoms with E-state index in [4.69, 9.17) is 0 Å². The molecule has 3 aliphatic rings. The summed E-state index contributed by atoms with van der Waals surface area (Å²) >= 11 is 0. The molecule has 9 nitrogen and oxygen atoms in total. The number of non-ortho nitro benzene ring substituents is 1. The number of nitro benzene ring substituents is 1. The number of nitriles is 1. The Balaban J connectivity index is 1.79. The number of carbonyl (C=O) groups excluding carboxylic acids is 2. The molecule has 1 spiro atoms. The molecule has 1 amide bonds. The van der Waals surface area contributed by atoms with Crippen LogP contribution in [0.4, 0.5) is 17.1 Å². The number of Topliss-reactive ketones (excluding diaryl/α,β-unsaturated/α-hetero) is 1. The lowest BCUT2D eigenvalue weighted by Gasteiger charge is -2.45. The molecule has 3 heterocycles. The highest BCUT2D eigenvalue weighted by Crippen LogP contribution is 2.58. The first kappa shape index (κ1) is 25.1. The summed E-state index contributed by atoms with van der Waals surface area (Å²) in [6, 6.07) is 17.8. The molecule has 2 aliphatic heterocycles. The van der Waals surface area contributed by atoms with Crippen molar-refractivity contribution in [3.63, 3.8) is 0 Å². The van der Waals surface area contributed by atoms with E-state index < -0.39 is 10.3 Å². The van der Waals surface area contributed by atoms with Crippen LogP contribution in [-0.2, 0) is 15.0 Å². The number of amides is 1. The highest BCUT2D eigenvalue weighted by Gasteiger charge is 2.62. The van der Waals surface area contributed by atoms with Gasteiger partial charge in [-0.3, -0.25) is 24.6 Å². The maximum Gasteiger partial charge on any atom is 0.271 e. The van der Waals surface area contributed by atoms with Crippen molar-refractivity contribution in [1.29, 1.82) is 5.26 Å². The molecular weight excluding hydrogens is 506 g/mol. The maximum atomic E-state index is 14.7. The fourth-order valence-electron chi connectivity index (χ4n) is 6.32. The molecule has 1 aromatic heterocycles. The molecule has 0 bridgehead atoms. The molecule has 0 N–H and O–H groups in total. The summed E-state index contributed by atoms with van der Waals surface area (Å²) in [5.74, 6) is -0.224. The maximum absolute atomic E-state index is 14.7. The number of hydrogen-bond acceptors (Lipinski definition) is 6. The zero-order valence-corrected chi connectivity index (χ0v) is 21.8. The van der Waals surface area contributed by atoms with Gasteiger partial charge in [0, 0.05) is 60.0 Å². The van der Waals surface area contributed by atoms with Gasteiger partial charge in [0.15, 0.2) is 5.78 Å². The molecule has 0 saturated heterocycles. The third-order valence-electron chi connectivity index (χ3n) is 7.92. The number of aryl methyl sites for hydroxylation is 1. The number of nitrogens with zero attached hydrogens (tertiary/aromatic N) is 5. The standard InChI is InChI=1S/C31H25N5O4/c1-3-15-34-24-10-5-4-9-22(24)31(30(34)38)23(19-32)29(33-16-6-7-17-33)35(25-11-8-12-27(37)28(25)31)26-18-21(36(39)40)14-13-20(26)2/h3-7,9-10,13-14,16-18H,1,8,11-12,15H2,2H3/t31-/m1/s1. The number of hydrogen-bond donors (Lipinski definition) is 0. The molecule has 6 rings (SSSR count). The van der Waals surface area contributed by atoms with Crippen LogP contribution in [0.15, 0.2) is 96.5 Å². The van der Waals surface area contributed by atoms with Crippen molar-refractivity contribution in [1.82, 2.24) is 4.57 Å². The molecule has 0 radical (unpaired) electrons. The number of anilines is 2. The lowest BCUT2D eigenvalue weighted by atomic mass is 9.63. The molecule has 0 unspecified atom stereocenters. The van der Waals surface area contributed by atoms with Gasteiger partial charge in [0.1, 0.15) is 17.3 Å². The zero-order valence-electron chi connectivity index (χ0n) is 21.8. The predicted octanol–water partition coefficient (Wildman–Crippen LogP) is 5.39. The average molecular weight is 532 g/mol. The Morgan fingerprint density at radius 1 is 1.10 bits per heavy atom. The van der Waals surface area contributed by atoms with E-state index in [1.54, 1.807) is 57.1 Å². The van der Waals surface area contributed by atoms with Gasteiger partial charge in [-0.05, 0) is 43.5 Å². The first-order valence-corrected chi connectivity index (χ1v) is 13.0. The van der Waals surface area contributed by atoms with E-state index in [0.717, 1.165) is 5.56 Å². The third-order valence-corrected chi connectivity index (χ3v) is 7.92. The Morgan fingerprint density at radius 2 is 1.85 bits per heavy atom. The average Bonchev–Trinajstić information content (AvgIpc) is 3.56. The van der Waals surface area contributed by atoms with Crippen molar-refractivity contribution in [2.24, 2.45) is 0 Å². The van der Waals surface area contributed by atoms with E-state index in [0.29, 0.717) is 41.3 Å². The van der Waals surface area contributed by atoms with Crippen LogP contribution in [0.2, 0.25) is 0 Å². The van der Waals surface area contributed by atoms with Crippen molar-refractivity contribution in [2.45, 2.75) is 31.6 Å². The molecule has 3 aromatic rings. The Bertz CT molecular complexity index is 1730. The molecule has 0 fully saturated rings. The van der Waals surface area contributed by atoms with E-state index in [1.165, 1.54) is 12.1 Å². The van der Waals surface area contributed by atoms with E-state index >= 15 is 0 Å². The third kappa shape index (κ3) is 3.26. The van der Waals surface area contributed by atoms with E-state index in [-0.39, 0.29) is 41.5 Å². The molecule has 40 heavy (non-hydrogen) atoms. The van der Waals surface area contributed by atoms with Crippen LogP contribution in [0.25, 0.3) is 5.82 Å². The second-order valence-electron chi connectivity index (χ2n) is 10.0. The summed E-state index contributed by atoms with van der Waals surface area (Å²) < 4.78 is 1.74. The van der Waals surface area contributed by atoms with Crippen LogP contribution in [0.5, 0.6) is 0 Å². The Hall–Kier alpha value is -5.23. The van der Waals surface area contributed by atoms with E-state index in [9.17, 15) is 25.0 Å². The largest absolute Gasteiger partial charge is 0.309 e. The van der Waals surface area contributed by atoms with Gasteiger partial charge in [-0.2, -0.15) is 5.26 Å². The fourth-order valence-corrected chi connectivity index (χ4v) is 6.32. The number of fused-ring (bicyclic) bond motifs is 3. The molecular formula is C31H25N5O4. The highest BCUT2D eigenvalue weighted by atomic mass is 16.6. The first-order chi connectivity index (χ1) is 19.4. The molecule has 0 saturated carbocycles. The van der Waals surface area contributed by atoms with Crippen LogP contribution in [0.1, 0.15) is 30.4 Å². The topological polar surface area (TPSA) is 112 Å². The first-order valence-electron chi connectivity index (χ1n) is 13.0. The summed E-state index contributed by atoms with van der Waals surface area (Å²) in [5, 5.41) is 22.7. The van der Waals surface area contributed by atoms with Crippen LogP contribution >= 0.6 is 0 Å². The molecule has 2 aromatic carbocycles. The fraction of sp³-hybridized carbons (Fsp3) is 0.194. The van der Waals surface area contributed by atoms with Crippen LogP contribution in [-0.4, -0.2) is 27.7 Å². The number of benzene rings is 2. The summed E-state index contributed by atoms with van der Waals surface area (Å²) in [7, 11) is 0. The van der Waals surface area contributed by atoms with Crippen LogP contribution < -0.4 is 9.80 Å². The molecule has 1 atom stereocenters. The number of carbonyl (C=O) groups is 2. The smallest absolute Gasteiger partial charge is 0.271 e. The number of rotatable bonds is 5. The minimum Gasteiger partial charge on any atom is -0.309 e. The Morgan fingerprint density at radius 3 is 2.55 bits per heavy atom. The highest BCUT2D eigenvalue weighted by molar-refractivity contribution is 6.22. The minimum absolute atomic E-state index is 0.0904. The lowest BCUT2D eigenvalue weighted by Crippen LogP contribution is -2.51. The predicted molar refractivity (Wildman–Crippen MR) is 150 cm³/mol. The van der Waals surface area contributed by atoms with Gasteiger partial charge in [-0.1, -0.05) is 30.3 Å². The van der Waals surface area contributed by atoms with Crippen molar-refractivity contribution in [3.05, 3.63) is 118 Å². The molecule has 198 valence electrons. The van der Waals surface area contributed by atoms with E-state index in [2.05, 4.69) is 12.6 Å². The Kier molecular flexibility index (Phi) is 5.77. The zero-order chi connectivity index (χ0) is 28.2. The quantitative estimate of drug-likeness (QED) is 0.248. The molecule has 9 heteroatoms. The number of ketones is 1. The van der Waals surface area contributed by atoms with Gasteiger partial charge >= 0.3 is 0 Å². The summed E-state index contributed by atoms with van der Waals surface area (Å²) in [4.78, 5) is 43.3. The van der Waals surface area contributed by atoms with Crippen LogP contribution in [0.3, 0.4) is 0 Å². The monoisotopic (exact) mass is 531 g/mol. The minimum atomic E-state index is -1.66. The van der Waals surface area contributed by atoms with Gasteiger partial charge in [0.05, 0.1) is 16.2 Å². The van der Waals surface area contributed by atoms with Crippen molar-refractivity contribution in [2.75, 3.05) is 16.3 Å². The van der Waals surface area contributed by atoms with Gasteiger partial charge in [0.2, 0.25) is 5.91 Å². The number of aromatic nitrogens is 1. The van der Waals surface area contributed by atoms with Gasteiger partial charge < -0.3 is 9.47 Å². The lowest BCUT2D eigenvalue weighted by molar-refractivity contribution is -0.384. The normalized spacial score (nSPS) is 20.1. The number of nitro groups is 1. The molecule has 1 aliphatic carbocycles. The second-order valence-corrected chi connectivity index (χ2v) is 10.0.